The van der Waals surface area contributed by atoms with Gasteiger partial charge in [-0.05, 0) is 6.42 Å². The molecule has 53 valence electrons. The van der Waals surface area contributed by atoms with Crippen molar-refractivity contribution >= 4 is 6.29 Å². The Morgan fingerprint density at radius 2 is 2.33 bits per heavy atom. The van der Waals surface area contributed by atoms with Gasteiger partial charge >= 0.3 is 0 Å². The molecule has 0 spiro atoms. The van der Waals surface area contributed by atoms with Gasteiger partial charge in [0.2, 0.25) is 6.29 Å². The van der Waals surface area contributed by atoms with Gasteiger partial charge in [0.15, 0.2) is 0 Å². The lowest BCUT2D eigenvalue weighted by Gasteiger charge is -2.08. The Hall–Kier alpha value is -0.410. The molecule has 0 amide bonds. The minimum atomic E-state index is 0. The number of hydrogen-bond donors (Lipinski definition) is 1. The zero-order valence-electron chi connectivity index (χ0n) is 5.63. The second kappa shape index (κ2) is 5.72. The molecular formula is C6H12NO2. The van der Waals surface area contributed by atoms with Crippen molar-refractivity contribution in [2.24, 2.45) is 0 Å². The molecule has 0 saturated carbocycles. The van der Waals surface area contributed by atoms with Crippen LogP contribution in [-0.2, 0) is 4.79 Å². The Labute approximate surface area is 55.2 Å². The molecule has 0 saturated heterocycles. The lowest BCUT2D eigenvalue weighted by molar-refractivity contribution is -0.0770. The summed E-state index contributed by atoms with van der Waals surface area (Å²) in [6.07, 6.45) is 3.54. The third kappa shape index (κ3) is 5.46. The van der Waals surface area contributed by atoms with Crippen molar-refractivity contribution in [3.63, 3.8) is 0 Å². The van der Waals surface area contributed by atoms with E-state index < -0.39 is 0 Å². The van der Waals surface area contributed by atoms with Crippen molar-refractivity contribution in [3.05, 3.63) is 0 Å². The van der Waals surface area contributed by atoms with E-state index in [1.54, 1.807) is 6.29 Å². The molecule has 0 bridgehead atoms. The predicted molar refractivity (Wildman–Crippen MR) is 34.0 cm³/mol. The zero-order chi connectivity index (χ0) is 7.11. The van der Waals surface area contributed by atoms with Crippen LogP contribution >= 0.6 is 0 Å². The van der Waals surface area contributed by atoms with E-state index in [0.29, 0.717) is 6.54 Å². The van der Waals surface area contributed by atoms with E-state index in [0.717, 1.165) is 17.9 Å². The molecular weight excluding hydrogens is 118 g/mol. The summed E-state index contributed by atoms with van der Waals surface area (Å²) < 4.78 is 0. The van der Waals surface area contributed by atoms with Crippen LogP contribution in [-0.4, -0.2) is 29.6 Å². The quantitative estimate of drug-likeness (QED) is 0.553. The third-order valence-electron chi connectivity index (χ3n) is 1.02. The molecule has 0 unspecified atom stereocenters. The van der Waals surface area contributed by atoms with Crippen LogP contribution in [0.5, 0.6) is 0 Å². The van der Waals surface area contributed by atoms with Crippen LogP contribution in [0.15, 0.2) is 0 Å². The van der Waals surface area contributed by atoms with Crippen LogP contribution < -0.4 is 0 Å². The minimum absolute atomic E-state index is 0. The summed E-state index contributed by atoms with van der Waals surface area (Å²) >= 11 is 0. The second-order valence-electron chi connectivity index (χ2n) is 1.89. The van der Waals surface area contributed by atoms with E-state index in [2.05, 4.69) is 0 Å². The molecule has 0 heterocycles. The van der Waals surface area contributed by atoms with Gasteiger partial charge in [0.05, 0.1) is 6.54 Å². The number of nitrogens with zero attached hydrogens (tertiary/aromatic N) is 1. The van der Waals surface area contributed by atoms with Crippen molar-refractivity contribution in [2.75, 3.05) is 13.1 Å². The highest BCUT2D eigenvalue weighted by Gasteiger charge is 1.95. The average molecular weight is 130 g/mol. The fraction of sp³-hybridized carbons (Fsp3) is 0.833. The van der Waals surface area contributed by atoms with Gasteiger partial charge in [0, 0.05) is 6.54 Å². The van der Waals surface area contributed by atoms with Crippen molar-refractivity contribution in [1.82, 2.24) is 5.06 Å². The normalized spacial score (nSPS) is 10.1. The van der Waals surface area contributed by atoms with Crippen molar-refractivity contribution in [3.8, 4) is 0 Å². The van der Waals surface area contributed by atoms with Gasteiger partial charge in [0.1, 0.15) is 0 Å². The predicted octanol–water partition coefficient (Wildman–Crippen LogP) is 0.587. The van der Waals surface area contributed by atoms with E-state index in [4.69, 9.17) is 5.21 Å². The SMILES string of the molecule is CCCCN(O)C[C]=O. The number of hydroxylamine groups is 2. The number of rotatable bonds is 5. The number of hydrogen-bond acceptors (Lipinski definition) is 3. The van der Waals surface area contributed by atoms with Gasteiger partial charge < -0.3 is 5.21 Å². The molecule has 3 nitrogen and oxygen atoms in total. The molecule has 0 aliphatic carbocycles. The number of carbonyl (C=O) groups excluding carboxylic acids is 1. The van der Waals surface area contributed by atoms with Gasteiger partial charge in [-0.2, -0.15) is 5.06 Å². The Morgan fingerprint density at radius 3 is 2.78 bits per heavy atom. The Balaban J connectivity index is 3.04. The zero-order valence-corrected chi connectivity index (χ0v) is 5.63. The third-order valence-corrected chi connectivity index (χ3v) is 1.02. The lowest BCUT2D eigenvalue weighted by atomic mass is 10.3. The molecule has 0 rings (SSSR count). The number of unbranched alkanes of at least 4 members (excludes halogenated alkanes) is 1. The maximum absolute atomic E-state index is 9.65. The second-order valence-corrected chi connectivity index (χ2v) is 1.89. The summed E-state index contributed by atoms with van der Waals surface area (Å²) in [5.41, 5.74) is 0. The molecule has 1 N–H and O–H groups in total. The first-order valence-electron chi connectivity index (χ1n) is 3.10. The summed E-state index contributed by atoms with van der Waals surface area (Å²) in [6, 6.07) is 0. The van der Waals surface area contributed by atoms with E-state index in [1.165, 1.54) is 0 Å². The first kappa shape index (κ1) is 8.59. The van der Waals surface area contributed by atoms with Gasteiger partial charge in [-0.1, -0.05) is 13.3 Å². The van der Waals surface area contributed by atoms with E-state index >= 15 is 0 Å². The fourth-order valence-electron chi connectivity index (χ4n) is 0.494. The Bertz CT molecular complexity index is 75.5. The highest BCUT2D eigenvalue weighted by Crippen LogP contribution is 1.88. The lowest BCUT2D eigenvalue weighted by Crippen LogP contribution is -2.22. The van der Waals surface area contributed by atoms with Gasteiger partial charge in [-0.3, -0.25) is 4.79 Å². The van der Waals surface area contributed by atoms with Gasteiger partial charge in [0.25, 0.3) is 0 Å². The fourth-order valence-corrected chi connectivity index (χ4v) is 0.494. The summed E-state index contributed by atoms with van der Waals surface area (Å²) in [6.45, 7) is 2.59. The van der Waals surface area contributed by atoms with Gasteiger partial charge in [-0.15, -0.1) is 0 Å². The highest BCUT2D eigenvalue weighted by molar-refractivity contribution is 5.52. The Morgan fingerprint density at radius 1 is 1.67 bits per heavy atom. The van der Waals surface area contributed by atoms with Gasteiger partial charge in [-0.25, -0.2) is 0 Å². The Kier molecular flexibility index (Phi) is 5.46. The standard InChI is InChI=1S/C6H12NO2/c1-2-3-4-7(9)5-6-8/h9H,2-5H2,1H3. The van der Waals surface area contributed by atoms with Crippen LogP contribution in [0.2, 0.25) is 0 Å². The first-order valence-corrected chi connectivity index (χ1v) is 3.10. The van der Waals surface area contributed by atoms with Crippen LogP contribution in [0.1, 0.15) is 19.8 Å². The molecule has 9 heavy (non-hydrogen) atoms. The van der Waals surface area contributed by atoms with Crippen molar-refractivity contribution < 1.29 is 10.0 Å². The molecule has 0 atom stereocenters. The highest BCUT2D eigenvalue weighted by atomic mass is 16.5. The van der Waals surface area contributed by atoms with Crippen molar-refractivity contribution in [1.29, 1.82) is 0 Å². The van der Waals surface area contributed by atoms with E-state index in [-0.39, 0.29) is 6.54 Å². The summed E-state index contributed by atoms with van der Waals surface area (Å²) in [5.74, 6) is 0. The molecule has 3 heteroatoms. The molecule has 0 fully saturated rings. The van der Waals surface area contributed by atoms with Crippen LogP contribution in [0, 0.1) is 0 Å². The maximum atomic E-state index is 9.65. The maximum Gasteiger partial charge on any atom is 0.216 e. The van der Waals surface area contributed by atoms with Crippen LogP contribution in [0.4, 0.5) is 0 Å². The molecule has 0 aromatic carbocycles. The molecule has 0 aromatic heterocycles. The molecule has 0 aliphatic rings. The minimum Gasteiger partial charge on any atom is -0.314 e. The van der Waals surface area contributed by atoms with E-state index in [1.807, 2.05) is 6.92 Å². The molecule has 0 aromatic rings. The van der Waals surface area contributed by atoms with E-state index in [9.17, 15) is 4.79 Å². The average Bonchev–Trinajstić information content (AvgIpc) is 1.85. The summed E-state index contributed by atoms with van der Waals surface area (Å²) in [4.78, 5) is 9.65. The monoisotopic (exact) mass is 130 g/mol. The first-order chi connectivity index (χ1) is 4.31. The topological polar surface area (TPSA) is 40.5 Å². The molecule has 1 radical (unpaired) electrons. The largest absolute Gasteiger partial charge is 0.314 e. The van der Waals surface area contributed by atoms with Crippen LogP contribution in [0.3, 0.4) is 0 Å². The smallest absolute Gasteiger partial charge is 0.216 e. The van der Waals surface area contributed by atoms with Crippen molar-refractivity contribution in [2.45, 2.75) is 19.8 Å². The summed E-state index contributed by atoms with van der Waals surface area (Å²) in [7, 11) is 0. The summed E-state index contributed by atoms with van der Waals surface area (Å²) in [5, 5.41) is 9.72. The molecule has 0 aliphatic heterocycles. The van der Waals surface area contributed by atoms with Crippen LogP contribution in [0.25, 0.3) is 0 Å².